The third kappa shape index (κ3) is 5.69. The first-order valence-corrected chi connectivity index (χ1v) is 16.8. The molecule has 11 heteroatoms. The number of benzene rings is 5. The number of fused-ring (bicyclic) bond motifs is 4. The van der Waals surface area contributed by atoms with Crippen LogP contribution in [0.25, 0.3) is 55.2 Å². The Morgan fingerprint density at radius 3 is 2.29 bits per heavy atom. The average Bonchev–Trinajstić information content (AvgIpc) is 3.17. The van der Waals surface area contributed by atoms with Gasteiger partial charge in [0.25, 0.3) is 0 Å². The molecule has 0 bridgehead atoms. The lowest BCUT2D eigenvalue weighted by molar-refractivity contribution is 0.0697. The number of nitrogens with zero attached hydrogens (tertiary/aromatic N) is 2. The number of carboxylic acids is 1. The molecule has 0 fully saturated rings. The van der Waals surface area contributed by atoms with Crippen molar-refractivity contribution in [1.82, 2.24) is 9.97 Å². The fourth-order valence-electron chi connectivity index (χ4n) is 6.73. The summed E-state index contributed by atoms with van der Waals surface area (Å²) in [6, 6.07) is 30.7. The molecule has 0 amide bonds. The number of nitrogens with one attached hydrogen (secondary N) is 2. The molecule has 6 aromatic rings. The number of halogens is 1. The number of anilines is 3. The number of para-hydroxylation sites is 2. The van der Waals surface area contributed by atoms with Crippen molar-refractivity contribution in [2.45, 2.75) is 19.7 Å². The van der Waals surface area contributed by atoms with Crippen LogP contribution in [0, 0.1) is 0 Å². The molecule has 2 aromatic heterocycles. The number of aliphatic hydroxyl groups is 1. The minimum atomic E-state index is -1.11. The van der Waals surface area contributed by atoms with Crippen molar-refractivity contribution >= 4 is 67.4 Å². The molecule has 2 aliphatic rings. The maximum atomic E-state index is 13.9. The van der Waals surface area contributed by atoms with Gasteiger partial charge in [0.15, 0.2) is 0 Å². The maximum absolute atomic E-state index is 13.9. The average molecular weight is 708 g/mol. The normalized spacial score (nSPS) is 11.4. The minimum Gasteiger partial charge on any atom is -0.478 e. The molecule has 6 N–H and O–H groups in total. The lowest BCUT2D eigenvalue weighted by Crippen LogP contribution is -2.17. The van der Waals surface area contributed by atoms with Gasteiger partial charge in [0.05, 0.1) is 50.9 Å². The number of carbonyl (C=O) groups is 1. The number of aromatic nitrogens is 2. The Balaban J connectivity index is 1.34. The minimum absolute atomic E-state index is 0.00731. The summed E-state index contributed by atoms with van der Waals surface area (Å²) in [4.78, 5) is 35.6. The van der Waals surface area contributed by atoms with E-state index in [9.17, 15) is 19.8 Å². The molecule has 0 spiro atoms. The van der Waals surface area contributed by atoms with Crippen molar-refractivity contribution in [1.29, 1.82) is 0 Å². The Morgan fingerprint density at radius 2 is 1.52 bits per heavy atom. The quantitative estimate of drug-likeness (QED) is 0.0728. The van der Waals surface area contributed by atoms with Gasteiger partial charge in [-0.2, -0.15) is 0 Å². The first kappa shape index (κ1) is 32.7. The van der Waals surface area contributed by atoms with Crippen LogP contribution in [0.3, 0.4) is 0 Å². The number of nitrogens with two attached hydrogens (primary N) is 1. The van der Waals surface area contributed by atoms with E-state index in [0.717, 1.165) is 22.0 Å². The van der Waals surface area contributed by atoms with Gasteiger partial charge in [-0.1, -0.05) is 66.2 Å². The number of hydrogen-bond acceptors (Lipinski definition) is 9. The van der Waals surface area contributed by atoms with E-state index in [0.29, 0.717) is 55.8 Å². The second-order valence-corrected chi connectivity index (χ2v) is 12.7. The molecule has 0 unspecified atom stereocenters. The van der Waals surface area contributed by atoms with E-state index in [-0.39, 0.29) is 41.6 Å². The zero-order valence-electron chi connectivity index (χ0n) is 27.5. The highest BCUT2D eigenvalue weighted by molar-refractivity contribution is 6.31. The molecule has 0 saturated heterocycles. The van der Waals surface area contributed by atoms with E-state index in [1.165, 1.54) is 12.1 Å². The van der Waals surface area contributed by atoms with Crippen molar-refractivity contribution in [3.8, 4) is 22.5 Å². The number of rotatable bonds is 9. The Labute approximate surface area is 301 Å². The second-order valence-electron chi connectivity index (χ2n) is 12.3. The molecule has 1 aliphatic heterocycles. The van der Waals surface area contributed by atoms with Crippen LogP contribution in [-0.2, 0) is 19.7 Å². The zero-order chi connectivity index (χ0) is 35.9. The Morgan fingerprint density at radius 1 is 0.808 bits per heavy atom. The van der Waals surface area contributed by atoms with Crippen LogP contribution >= 0.6 is 11.6 Å². The lowest BCUT2D eigenvalue weighted by atomic mass is 9.88. The maximum Gasteiger partial charge on any atom is 0.336 e. The van der Waals surface area contributed by atoms with Gasteiger partial charge in [-0.3, -0.25) is 9.78 Å². The van der Waals surface area contributed by atoms with E-state index in [1.807, 2.05) is 54.6 Å². The van der Waals surface area contributed by atoms with E-state index >= 15 is 0 Å². The standard InChI is InChI=1S/C41H30ClN5O5/c42-31-18-28-35(25-9-1-2-10-26(25)41(50)51)27-15-16-32(43)29(19-45-33-11-3-6-22-8-5-17-44-36(22)33)39(27)52-40(28)30(38(31)49)20-46-34-12-4-7-23-13-14-24(21-48)47-37(23)34/h1-18,45-46,48H,19-21,43H2,(H,50,51). The molecular weight excluding hydrogens is 678 g/mol. The van der Waals surface area contributed by atoms with Crippen LogP contribution in [0.2, 0.25) is 5.02 Å². The van der Waals surface area contributed by atoms with Gasteiger partial charge >= 0.3 is 5.97 Å². The zero-order valence-corrected chi connectivity index (χ0v) is 28.2. The summed E-state index contributed by atoms with van der Waals surface area (Å²) in [5.41, 5.74) is 12.7. The molecule has 52 heavy (non-hydrogen) atoms. The SMILES string of the molecule is Nc1ccc2c(-c3ccccc3C(=O)O)c3cc(Cl)c(=O)c(CNc4cccc5ccc(CO)nc45)c-3oc2c1CNc1cccc2cccnc12. The smallest absolute Gasteiger partial charge is 0.336 e. The predicted octanol–water partition coefficient (Wildman–Crippen LogP) is 8.31. The van der Waals surface area contributed by atoms with Crippen LogP contribution < -0.4 is 21.8 Å². The number of carboxylic acid groups (broad SMARTS) is 1. The third-order valence-electron chi connectivity index (χ3n) is 9.23. The highest BCUT2D eigenvalue weighted by Crippen LogP contribution is 2.45. The van der Waals surface area contributed by atoms with E-state index < -0.39 is 11.4 Å². The van der Waals surface area contributed by atoms with E-state index in [4.69, 9.17) is 21.8 Å². The van der Waals surface area contributed by atoms with E-state index in [2.05, 4.69) is 20.6 Å². The topological polar surface area (TPSA) is 164 Å². The number of aliphatic hydroxyl groups excluding tert-OH is 1. The Hall–Kier alpha value is -6.49. The molecule has 1 aliphatic carbocycles. The van der Waals surface area contributed by atoms with Crippen molar-refractivity contribution < 1.29 is 19.4 Å². The lowest BCUT2D eigenvalue weighted by Gasteiger charge is -2.22. The van der Waals surface area contributed by atoms with Gasteiger partial charge in [-0.05, 0) is 54.1 Å². The summed E-state index contributed by atoms with van der Waals surface area (Å²) in [7, 11) is 0. The Bertz CT molecular complexity index is 2720. The van der Waals surface area contributed by atoms with Crippen LogP contribution in [-0.4, -0.2) is 26.2 Å². The molecule has 0 atom stereocenters. The third-order valence-corrected chi connectivity index (χ3v) is 9.51. The molecule has 256 valence electrons. The van der Waals surface area contributed by atoms with Crippen LogP contribution in [0.1, 0.15) is 27.2 Å². The van der Waals surface area contributed by atoms with Crippen molar-refractivity contribution in [3.05, 3.63) is 147 Å². The highest BCUT2D eigenvalue weighted by atomic mass is 35.5. The summed E-state index contributed by atoms with van der Waals surface area (Å²) in [5.74, 6) is -0.884. The van der Waals surface area contributed by atoms with Crippen molar-refractivity contribution in [2.75, 3.05) is 16.4 Å². The molecule has 0 radical (unpaired) electrons. The van der Waals surface area contributed by atoms with Gasteiger partial charge in [-0.25, -0.2) is 9.78 Å². The number of aromatic carboxylic acids is 1. The first-order chi connectivity index (χ1) is 25.3. The van der Waals surface area contributed by atoms with Crippen LogP contribution in [0.15, 0.2) is 119 Å². The van der Waals surface area contributed by atoms with Crippen molar-refractivity contribution in [2.24, 2.45) is 0 Å². The number of nitrogen functional groups attached to an aromatic ring is 1. The second kappa shape index (κ2) is 13.3. The summed E-state index contributed by atoms with van der Waals surface area (Å²) in [6.07, 6.45) is 1.73. The predicted molar refractivity (Wildman–Crippen MR) is 205 cm³/mol. The van der Waals surface area contributed by atoms with Gasteiger partial charge < -0.3 is 31.0 Å². The summed E-state index contributed by atoms with van der Waals surface area (Å²) in [6.45, 7) is -0.00141. The first-order valence-electron chi connectivity index (χ1n) is 16.5. The van der Waals surface area contributed by atoms with Gasteiger partial charge in [0.1, 0.15) is 11.3 Å². The fraction of sp³-hybridized carbons (Fsp3) is 0.0732. The summed E-state index contributed by atoms with van der Waals surface area (Å²) >= 11 is 6.67. The van der Waals surface area contributed by atoms with Gasteiger partial charge in [-0.15, -0.1) is 0 Å². The largest absolute Gasteiger partial charge is 0.478 e. The Kier molecular flexibility index (Phi) is 8.38. The summed E-state index contributed by atoms with van der Waals surface area (Å²) in [5, 5.41) is 29.2. The molecule has 0 saturated carbocycles. The van der Waals surface area contributed by atoms with Gasteiger partial charge in [0.2, 0.25) is 5.43 Å². The fourth-order valence-corrected chi connectivity index (χ4v) is 6.95. The number of hydrogen-bond donors (Lipinski definition) is 5. The molecule has 10 nitrogen and oxygen atoms in total. The number of pyridine rings is 2. The van der Waals surface area contributed by atoms with Crippen molar-refractivity contribution in [3.63, 3.8) is 0 Å². The monoisotopic (exact) mass is 707 g/mol. The summed E-state index contributed by atoms with van der Waals surface area (Å²) < 4.78 is 6.75. The molecule has 3 heterocycles. The highest BCUT2D eigenvalue weighted by Gasteiger charge is 2.27. The van der Waals surface area contributed by atoms with Crippen LogP contribution in [0.5, 0.6) is 0 Å². The van der Waals surface area contributed by atoms with Gasteiger partial charge in [0, 0.05) is 57.8 Å². The van der Waals surface area contributed by atoms with Crippen LogP contribution in [0.4, 0.5) is 17.1 Å². The molecule has 8 rings (SSSR count). The molecule has 4 aromatic carbocycles. The van der Waals surface area contributed by atoms with E-state index in [1.54, 1.807) is 42.6 Å². The molecular formula is C41H30ClN5O5.